The fraction of sp³-hybridized carbons (Fsp3) is 0.308. The van der Waals surface area contributed by atoms with Crippen LogP contribution in [0.25, 0.3) is 21.5 Å². The van der Waals surface area contributed by atoms with E-state index >= 15 is 0 Å². The van der Waals surface area contributed by atoms with Gasteiger partial charge in [-0.3, -0.25) is 9.59 Å². The molecule has 3 fully saturated rings. The molecule has 142 valence electrons. The number of ketones is 2. The maximum atomic E-state index is 13.0. The monoisotopic (exact) mass is 380 g/mol. The Kier molecular flexibility index (Phi) is 2.94. The summed E-state index contributed by atoms with van der Waals surface area (Å²) in [5.41, 5.74) is 0. The molecular formula is C26H20O3. The van der Waals surface area contributed by atoms with E-state index in [9.17, 15) is 9.59 Å². The van der Waals surface area contributed by atoms with Crippen molar-refractivity contribution in [2.24, 2.45) is 35.5 Å². The van der Waals surface area contributed by atoms with E-state index in [1.54, 1.807) is 0 Å². The second-order valence-electron chi connectivity index (χ2n) is 9.10. The van der Waals surface area contributed by atoms with Crippen molar-refractivity contribution in [2.75, 3.05) is 0 Å². The lowest BCUT2D eigenvalue weighted by molar-refractivity contribution is -0.125. The van der Waals surface area contributed by atoms with Crippen LogP contribution < -0.4 is 4.74 Å². The van der Waals surface area contributed by atoms with Gasteiger partial charge in [-0.15, -0.1) is 0 Å². The SMILES string of the molecule is O=C1C2C=CC1C1C3C(=O)C(CC3Oc3cccc4cc5ccccc5cc34)C21. The summed E-state index contributed by atoms with van der Waals surface area (Å²) in [5.74, 6) is 1.68. The highest BCUT2D eigenvalue weighted by Gasteiger charge is 2.69. The summed E-state index contributed by atoms with van der Waals surface area (Å²) in [6, 6.07) is 18.9. The number of benzene rings is 3. The molecule has 3 nitrogen and oxygen atoms in total. The largest absolute Gasteiger partial charge is 0.489 e. The van der Waals surface area contributed by atoms with Gasteiger partial charge in [0, 0.05) is 23.1 Å². The standard InChI is InChI=1S/C26H20O3/c27-25-16-8-9-17(25)23-22(16)19-12-21(24(23)26(19)28)29-20-7-3-6-15-10-13-4-1-2-5-14(13)11-18(15)20/h1-11,16-17,19,21-24H,12H2. The van der Waals surface area contributed by atoms with Crippen molar-refractivity contribution in [2.45, 2.75) is 12.5 Å². The van der Waals surface area contributed by atoms with Crippen LogP contribution in [0.5, 0.6) is 5.75 Å². The molecule has 7 unspecified atom stereocenters. The molecule has 0 heterocycles. The maximum absolute atomic E-state index is 13.0. The number of rotatable bonds is 2. The summed E-state index contributed by atoms with van der Waals surface area (Å²) >= 11 is 0. The molecule has 7 rings (SSSR count). The lowest BCUT2D eigenvalue weighted by Gasteiger charge is -2.34. The smallest absolute Gasteiger partial charge is 0.147 e. The Morgan fingerprint density at radius 3 is 2.31 bits per heavy atom. The highest BCUT2D eigenvalue weighted by Crippen LogP contribution is 2.63. The van der Waals surface area contributed by atoms with Crippen LogP contribution in [0.15, 0.2) is 66.7 Å². The van der Waals surface area contributed by atoms with Gasteiger partial charge < -0.3 is 4.74 Å². The number of carbonyl (C=O) groups is 2. The molecule has 0 aliphatic heterocycles. The molecule has 3 aromatic rings. The number of allylic oxidation sites excluding steroid dienone is 2. The van der Waals surface area contributed by atoms with Gasteiger partial charge in [0.1, 0.15) is 23.4 Å². The number of ether oxygens (including phenoxy) is 1. The minimum atomic E-state index is -0.135. The molecule has 3 aromatic carbocycles. The van der Waals surface area contributed by atoms with E-state index in [0.717, 1.165) is 22.9 Å². The third-order valence-electron chi connectivity index (χ3n) is 7.90. The van der Waals surface area contributed by atoms with Gasteiger partial charge >= 0.3 is 0 Å². The first-order valence-electron chi connectivity index (χ1n) is 10.5. The summed E-state index contributed by atoms with van der Waals surface area (Å²) in [6.07, 6.45) is 4.72. The van der Waals surface area contributed by atoms with Crippen LogP contribution in [0.1, 0.15) is 6.42 Å². The Morgan fingerprint density at radius 1 is 0.759 bits per heavy atom. The van der Waals surface area contributed by atoms with Gasteiger partial charge in [0.25, 0.3) is 0 Å². The van der Waals surface area contributed by atoms with Crippen molar-refractivity contribution in [1.29, 1.82) is 0 Å². The fourth-order valence-corrected chi connectivity index (χ4v) is 6.80. The normalized spacial score (nSPS) is 36.5. The van der Waals surface area contributed by atoms with E-state index in [2.05, 4.69) is 36.4 Å². The molecule has 4 aliphatic carbocycles. The minimum absolute atomic E-state index is 0.00490. The Hall–Kier alpha value is -2.94. The predicted octanol–water partition coefficient (Wildman–Crippen LogP) is 4.58. The third-order valence-corrected chi connectivity index (χ3v) is 7.90. The lowest BCUT2D eigenvalue weighted by Crippen LogP contribution is -2.37. The highest BCUT2D eigenvalue weighted by molar-refractivity contribution is 6.01. The first kappa shape index (κ1) is 15.9. The first-order valence-corrected chi connectivity index (χ1v) is 10.5. The average Bonchev–Trinajstić information content (AvgIpc) is 3.43. The van der Waals surface area contributed by atoms with Gasteiger partial charge in [0.15, 0.2) is 0 Å². The van der Waals surface area contributed by atoms with Crippen LogP contribution in [0.3, 0.4) is 0 Å². The van der Waals surface area contributed by atoms with Gasteiger partial charge in [-0.2, -0.15) is 0 Å². The van der Waals surface area contributed by atoms with Crippen molar-refractivity contribution in [3.8, 4) is 5.75 Å². The van der Waals surface area contributed by atoms with Crippen LogP contribution in [-0.2, 0) is 9.59 Å². The third kappa shape index (κ3) is 1.93. The molecular weight excluding hydrogens is 360 g/mol. The molecule has 0 aromatic heterocycles. The van der Waals surface area contributed by atoms with E-state index < -0.39 is 0 Å². The average molecular weight is 380 g/mol. The van der Waals surface area contributed by atoms with Crippen molar-refractivity contribution >= 4 is 33.1 Å². The number of Topliss-reactive ketones (excluding diaryl/α,β-unsaturated/α-hetero) is 2. The Balaban J connectivity index is 1.28. The molecule has 0 N–H and O–H groups in total. The first-order chi connectivity index (χ1) is 14.2. The molecule has 3 heteroatoms. The van der Waals surface area contributed by atoms with Crippen LogP contribution >= 0.6 is 0 Å². The van der Waals surface area contributed by atoms with Crippen molar-refractivity contribution in [1.82, 2.24) is 0 Å². The molecule has 0 spiro atoms. The topological polar surface area (TPSA) is 43.4 Å². The Labute approximate surface area is 168 Å². The fourth-order valence-electron chi connectivity index (χ4n) is 6.80. The van der Waals surface area contributed by atoms with Gasteiger partial charge in [0.05, 0.1) is 5.92 Å². The summed E-state index contributed by atoms with van der Waals surface area (Å²) in [6.45, 7) is 0. The molecule has 3 saturated carbocycles. The van der Waals surface area contributed by atoms with Crippen molar-refractivity contribution in [3.63, 3.8) is 0 Å². The lowest BCUT2D eigenvalue weighted by atomic mass is 9.72. The van der Waals surface area contributed by atoms with E-state index in [1.807, 2.05) is 30.4 Å². The molecule has 4 bridgehead atoms. The molecule has 0 saturated heterocycles. The van der Waals surface area contributed by atoms with Crippen LogP contribution in [0.2, 0.25) is 0 Å². The summed E-state index contributed by atoms with van der Waals surface area (Å²) in [7, 11) is 0. The second-order valence-corrected chi connectivity index (χ2v) is 9.10. The highest BCUT2D eigenvalue weighted by atomic mass is 16.5. The van der Waals surface area contributed by atoms with E-state index in [1.165, 1.54) is 10.8 Å². The van der Waals surface area contributed by atoms with Gasteiger partial charge in [0.2, 0.25) is 0 Å². The number of hydrogen-bond donors (Lipinski definition) is 0. The molecule has 7 atom stereocenters. The van der Waals surface area contributed by atoms with Crippen LogP contribution in [0, 0.1) is 35.5 Å². The van der Waals surface area contributed by atoms with E-state index in [-0.39, 0.29) is 41.6 Å². The van der Waals surface area contributed by atoms with Crippen molar-refractivity contribution in [3.05, 3.63) is 66.7 Å². The van der Waals surface area contributed by atoms with E-state index in [4.69, 9.17) is 4.74 Å². The Morgan fingerprint density at radius 2 is 1.48 bits per heavy atom. The molecule has 0 radical (unpaired) electrons. The zero-order chi connectivity index (χ0) is 19.3. The molecule has 4 aliphatic rings. The van der Waals surface area contributed by atoms with Gasteiger partial charge in [-0.05, 0) is 52.6 Å². The van der Waals surface area contributed by atoms with Gasteiger partial charge in [-0.1, -0.05) is 48.6 Å². The zero-order valence-corrected chi connectivity index (χ0v) is 15.8. The van der Waals surface area contributed by atoms with Crippen LogP contribution in [0.4, 0.5) is 0 Å². The quantitative estimate of drug-likeness (QED) is 0.371. The molecule has 0 amide bonds. The van der Waals surface area contributed by atoms with E-state index in [0.29, 0.717) is 11.6 Å². The second kappa shape index (κ2) is 5.35. The molecule has 29 heavy (non-hydrogen) atoms. The summed E-state index contributed by atoms with van der Waals surface area (Å²) in [4.78, 5) is 25.6. The van der Waals surface area contributed by atoms with Gasteiger partial charge in [-0.25, -0.2) is 0 Å². The number of fused-ring (bicyclic) bond motifs is 11. The van der Waals surface area contributed by atoms with Crippen molar-refractivity contribution < 1.29 is 14.3 Å². The number of hydrogen-bond acceptors (Lipinski definition) is 3. The van der Waals surface area contributed by atoms with Crippen LogP contribution in [-0.4, -0.2) is 17.7 Å². The summed E-state index contributed by atoms with van der Waals surface area (Å²) in [5, 5.41) is 4.62. The zero-order valence-electron chi connectivity index (χ0n) is 15.8. The summed E-state index contributed by atoms with van der Waals surface area (Å²) < 4.78 is 6.54. The Bertz CT molecular complexity index is 1260. The predicted molar refractivity (Wildman–Crippen MR) is 111 cm³/mol. The minimum Gasteiger partial charge on any atom is -0.489 e. The maximum Gasteiger partial charge on any atom is 0.147 e. The number of carbonyl (C=O) groups excluding carboxylic acids is 2.